The van der Waals surface area contributed by atoms with E-state index in [1.165, 1.54) is 0 Å². The van der Waals surface area contributed by atoms with Gasteiger partial charge in [0.05, 0.1) is 6.07 Å². The molecule has 0 spiro atoms. The summed E-state index contributed by atoms with van der Waals surface area (Å²) in [5.41, 5.74) is -0.371. The molecule has 0 aliphatic heterocycles. The zero-order valence-corrected chi connectivity index (χ0v) is 14.8. The van der Waals surface area contributed by atoms with Crippen molar-refractivity contribution in [2.45, 2.75) is 19.3 Å². The van der Waals surface area contributed by atoms with E-state index in [1.807, 2.05) is 0 Å². The summed E-state index contributed by atoms with van der Waals surface area (Å²) in [4.78, 5) is 12.0. The van der Waals surface area contributed by atoms with Gasteiger partial charge in [0.2, 0.25) is 5.91 Å². The van der Waals surface area contributed by atoms with Crippen LogP contribution in [0.5, 0.6) is 11.5 Å². The van der Waals surface area contributed by atoms with E-state index in [-0.39, 0.29) is 11.1 Å². The van der Waals surface area contributed by atoms with Gasteiger partial charge in [-0.05, 0) is 24.3 Å². The van der Waals surface area contributed by atoms with Crippen molar-refractivity contribution in [3.63, 3.8) is 0 Å². The quantitative estimate of drug-likeness (QED) is 0.492. The number of nitrogens with zero attached hydrogens (tertiary/aromatic N) is 1. The lowest BCUT2D eigenvalue weighted by atomic mass is 10.1. The lowest BCUT2D eigenvalue weighted by Gasteiger charge is -2.12. The maximum absolute atomic E-state index is 13.8. The first-order chi connectivity index (χ1) is 14.2. The van der Waals surface area contributed by atoms with Gasteiger partial charge in [0.15, 0.2) is 0 Å². The molecular formula is C19H12F6N2O3. The van der Waals surface area contributed by atoms with Gasteiger partial charge in [-0.25, -0.2) is 8.78 Å². The van der Waals surface area contributed by atoms with Crippen LogP contribution in [0.4, 0.5) is 26.3 Å². The molecule has 0 fully saturated rings. The second-order valence-corrected chi connectivity index (χ2v) is 5.53. The van der Waals surface area contributed by atoms with Crippen molar-refractivity contribution in [2.24, 2.45) is 0 Å². The number of alkyl halides is 4. The first-order valence-electron chi connectivity index (χ1n) is 8.06. The summed E-state index contributed by atoms with van der Waals surface area (Å²) in [6.45, 7) is -6.47. The molecule has 0 bridgehead atoms. The number of rotatable bonds is 8. The van der Waals surface area contributed by atoms with Gasteiger partial charge < -0.3 is 14.8 Å². The maximum atomic E-state index is 13.8. The number of halogens is 6. The summed E-state index contributed by atoms with van der Waals surface area (Å²) in [7, 11) is 0. The number of nitrogens with one attached hydrogen (secondary N) is 1. The molecule has 1 unspecified atom stereocenters. The molecule has 1 atom stereocenters. The van der Waals surface area contributed by atoms with Gasteiger partial charge in [0.1, 0.15) is 29.2 Å². The number of carbonyl (C=O) groups excluding carboxylic acids is 1. The molecule has 0 aliphatic rings. The molecule has 158 valence electrons. The molecule has 0 saturated carbocycles. The van der Waals surface area contributed by atoms with Crippen LogP contribution in [0.2, 0.25) is 0 Å². The largest absolute Gasteiger partial charge is 0.435 e. The Morgan fingerprint density at radius 2 is 1.73 bits per heavy atom. The van der Waals surface area contributed by atoms with Gasteiger partial charge in [-0.1, -0.05) is 6.07 Å². The summed E-state index contributed by atoms with van der Waals surface area (Å²) in [6.07, 6.45) is 1.84. The van der Waals surface area contributed by atoms with Gasteiger partial charge >= 0.3 is 13.2 Å². The summed E-state index contributed by atoms with van der Waals surface area (Å²) in [5.74, 6) is -3.83. The Morgan fingerprint density at radius 3 is 2.33 bits per heavy atom. The number of hydrogen-bond acceptors (Lipinski definition) is 4. The van der Waals surface area contributed by atoms with E-state index < -0.39 is 48.3 Å². The monoisotopic (exact) mass is 430 g/mol. The first kappa shape index (κ1) is 22.6. The van der Waals surface area contributed by atoms with Crippen LogP contribution in [-0.4, -0.2) is 19.1 Å². The fraction of sp³-hybridized carbons (Fsp3) is 0.158. The lowest BCUT2D eigenvalue weighted by Crippen LogP contribution is -2.26. The summed E-state index contributed by atoms with van der Waals surface area (Å²) in [6, 6.07) is 5.50. The first-order valence-corrected chi connectivity index (χ1v) is 8.06. The van der Waals surface area contributed by atoms with Crippen LogP contribution >= 0.6 is 0 Å². The number of hydrogen-bond donors (Lipinski definition) is 1. The maximum Gasteiger partial charge on any atom is 0.387 e. The Balaban J connectivity index is 2.18. The highest BCUT2D eigenvalue weighted by Gasteiger charge is 2.18. The van der Waals surface area contributed by atoms with Gasteiger partial charge in [-0.3, -0.25) is 4.79 Å². The number of amides is 1. The fourth-order valence-corrected chi connectivity index (χ4v) is 2.30. The fourth-order valence-electron chi connectivity index (χ4n) is 2.30. The Kier molecular flexibility index (Phi) is 7.69. The normalized spacial score (nSPS) is 12.1. The number of nitriles is 1. The predicted molar refractivity (Wildman–Crippen MR) is 91.6 cm³/mol. The number of benzene rings is 2. The van der Waals surface area contributed by atoms with E-state index in [9.17, 15) is 31.1 Å². The predicted octanol–water partition coefficient (Wildman–Crippen LogP) is 4.56. The third-order valence-corrected chi connectivity index (χ3v) is 3.53. The minimum absolute atomic E-state index is 0.0893. The smallest absolute Gasteiger partial charge is 0.387 e. The van der Waals surface area contributed by atoms with Crippen molar-refractivity contribution in [3.8, 4) is 17.6 Å². The van der Waals surface area contributed by atoms with Crippen molar-refractivity contribution in [1.29, 1.82) is 5.26 Å². The van der Waals surface area contributed by atoms with Crippen LogP contribution < -0.4 is 14.8 Å². The van der Waals surface area contributed by atoms with Crippen molar-refractivity contribution in [3.05, 3.63) is 65.2 Å². The zero-order chi connectivity index (χ0) is 22.3. The van der Waals surface area contributed by atoms with Gasteiger partial charge in [-0.2, -0.15) is 22.8 Å². The molecule has 11 heteroatoms. The Hall–Kier alpha value is -3.68. The molecule has 1 N–H and O–H groups in total. The molecule has 30 heavy (non-hydrogen) atoms. The van der Waals surface area contributed by atoms with Crippen LogP contribution in [0.3, 0.4) is 0 Å². The molecular weight excluding hydrogens is 418 g/mol. The van der Waals surface area contributed by atoms with Crippen molar-refractivity contribution in [1.82, 2.24) is 5.32 Å². The average molecular weight is 430 g/mol. The van der Waals surface area contributed by atoms with E-state index in [0.29, 0.717) is 6.07 Å². The van der Waals surface area contributed by atoms with Crippen LogP contribution in [0.15, 0.2) is 42.5 Å². The molecule has 2 rings (SSSR count). The zero-order valence-electron chi connectivity index (χ0n) is 14.8. The highest BCUT2D eigenvalue weighted by Crippen LogP contribution is 2.28. The highest BCUT2D eigenvalue weighted by molar-refractivity contribution is 5.92. The molecule has 0 radical (unpaired) electrons. The molecule has 0 aromatic heterocycles. The summed E-state index contributed by atoms with van der Waals surface area (Å²) >= 11 is 0. The molecule has 1 amide bonds. The van der Waals surface area contributed by atoms with Gasteiger partial charge in [-0.15, -0.1) is 0 Å². The number of ether oxygens (including phenoxy) is 2. The number of carbonyl (C=O) groups is 1. The van der Waals surface area contributed by atoms with Gasteiger partial charge in [0, 0.05) is 29.3 Å². The second-order valence-electron chi connectivity index (χ2n) is 5.53. The van der Waals surface area contributed by atoms with E-state index in [1.54, 1.807) is 6.07 Å². The highest BCUT2D eigenvalue weighted by atomic mass is 19.3. The molecule has 5 nitrogen and oxygen atoms in total. The minimum Gasteiger partial charge on any atom is -0.435 e. The minimum atomic E-state index is -3.28. The third kappa shape index (κ3) is 6.44. The molecule has 0 aliphatic carbocycles. The molecule has 0 saturated heterocycles. The summed E-state index contributed by atoms with van der Waals surface area (Å²) in [5, 5.41) is 11.3. The molecule has 0 heterocycles. The van der Waals surface area contributed by atoms with Crippen LogP contribution in [0.25, 0.3) is 6.08 Å². The Morgan fingerprint density at radius 1 is 1.03 bits per heavy atom. The van der Waals surface area contributed by atoms with E-state index in [2.05, 4.69) is 14.8 Å². The van der Waals surface area contributed by atoms with Crippen LogP contribution in [0.1, 0.15) is 17.2 Å². The second kappa shape index (κ2) is 10.2. The van der Waals surface area contributed by atoms with Crippen molar-refractivity contribution < 1.29 is 40.6 Å². The lowest BCUT2D eigenvalue weighted by molar-refractivity contribution is -0.116. The SMILES string of the molecule is N#CC(NC(=O)/C=C/c1ccc(OC(F)F)cc1OC(F)F)c1ccc(F)cc1F. The van der Waals surface area contributed by atoms with Crippen LogP contribution in [0, 0.1) is 23.0 Å². The van der Waals surface area contributed by atoms with E-state index >= 15 is 0 Å². The molecule has 2 aromatic carbocycles. The Bertz CT molecular complexity index is 975. The third-order valence-electron chi connectivity index (χ3n) is 3.53. The summed E-state index contributed by atoms with van der Waals surface area (Å²) < 4.78 is 84.7. The Labute approximate surface area is 166 Å². The molecule has 2 aromatic rings. The van der Waals surface area contributed by atoms with Gasteiger partial charge in [0.25, 0.3) is 0 Å². The van der Waals surface area contributed by atoms with Crippen molar-refractivity contribution >= 4 is 12.0 Å². The average Bonchev–Trinajstić information content (AvgIpc) is 2.65. The van der Waals surface area contributed by atoms with E-state index in [0.717, 1.165) is 42.5 Å². The van der Waals surface area contributed by atoms with Crippen molar-refractivity contribution in [2.75, 3.05) is 0 Å². The van der Waals surface area contributed by atoms with Crippen LogP contribution in [-0.2, 0) is 4.79 Å². The topological polar surface area (TPSA) is 71.4 Å². The standard InChI is InChI=1S/C19H12F6N2O3/c20-11-3-5-13(14(21)7-11)15(9-26)27-17(28)6-2-10-1-4-12(29-18(22)23)8-16(10)30-19(24)25/h1-8,15,18-19H,(H,27,28)/b6-2+. The van der Waals surface area contributed by atoms with E-state index in [4.69, 9.17) is 5.26 Å².